The number of hydrogen-bond acceptors (Lipinski definition) is 4. The molecule has 2 amide bonds. The van der Waals surface area contributed by atoms with Crippen molar-refractivity contribution in [1.82, 2.24) is 5.32 Å². The second-order valence-electron chi connectivity index (χ2n) is 4.64. The van der Waals surface area contributed by atoms with Gasteiger partial charge in [0, 0.05) is 5.69 Å². The zero-order valence-electron chi connectivity index (χ0n) is 12.2. The summed E-state index contributed by atoms with van der Waals surface area (Å²) in [5, 5.41) is 4.27. The average Bonchev–Trinajstić information content (AvgIpc) is 3.06. The molecule has 0 radical (unpaired) electrons. The van der Waals surface area contributed by atoms with E-state index in [1.165, 1.54) is 36.6 Å². The number of carbonyl (C=O) groups excluding carboxylic acids is 2. The molecule has 24 heavy (non-hydrogen) atoms. The van der Waals surface area contributed by atoms with Gasteiger partial charge in [-0.2, -0.15) is 13.2 Å². The van der Waals surface area contributed by atoms with Crippen LogP contribution >= 0.6 is 0 Å². The van der Waals surface area contributed by atoms with E-state index in [9.17, 15) is 22.8 Å². The molecule has 0 bridgehead atoms. The molecule has 1 aromatic carbocycles. The maximum absolute atomic E-state index is 11.9. The van der Waals surface area contributed by atoms with Crippen LogP contribution in [0.25, 0.3) is 0 Å². The van der Waals surface area contributed by atoms with Gasteiger partial charge in [0.1, 0.15) is 12.3 Å². The van der Waals surface area contributed by atoms with Crippen molar-refractivity contribution in [2.75, 3.05) is 18.5 Å². The van der Waals surface area contributed by atoms with Crippen LogP contribution < -0.4 is 15.4 Å². The number of alkyl halides is 3. The third kappa shape index (κ3) is 5.67. The smallest absolute Gasteiger partial charge is 0.405 e. The molecular formula is C15H13F3N2O4. The summed E-state index contributed by atoms with van der Waals surface area (Å²) in [6, 6.07) is 9.05. The molecule has 1 aromatic heterocycles. The van der Waals surface area contributed by atoms with Gasteiger partial charge in [-0.05, 0) is 36.4 Å². The summed E-state index contributed by atoms with van der Waals surface area (Å²) >= 11 is 0. The largest absolute Gasteiger partial charge is 0.484 e. The van der Waals surface area contributed by atoms with E-state index in [4.69, 9.17) is 9.15 Å². The lowest BCUT2D eigenvalue weighted by atomic mass is 10.3. The predicted octanol–water partition coefficient (Wildman–Crippen LogP) is 2.59. The van der Waals surface area contributed by atoms with E-state index < -0.39 is 31.1 Å². The summed E-state index contributed by atoms with van der Waals surface area (Å²) < 4.78 is 45.8. The number of ether oxygens (including phenoxy) is 1. The summed E-state index contributed by atoms with van der Waals surface area (Å²) in [5.41, 5.74) is 0.463. The Labute approximate surface area is 134 Å². The number of nitrogens with one attached hydrogen (secondary N) is 2. The van der Waals surface area contributed by atoms with Gasteiger partial charge in [0.2, 0.25) is 0 Å². The summed E-state index contributed by atoms with van der Waals surface area (Å²) in [5.74, 6) is -0.896. The van der Waals surface area contributed by atoms with E-state index in [2.05, 4.69) is 5.32 Å². The second kappa shape index (κ2) is 7.53. The van der Waals surface area contributed by atoms with Crippen molar-refractivity contribution in [3.63, 3.8) is 0 Å². The highest BCUT2D eigenvalue weighted by molar-refractivity contribution is 6.02. The normalized spacial score (nSPS) is 11.0. The molecule has 0 spiro atoms. The van der Waals surface area contributed by atoms with Crippen LogP contribution in [0.1, 0.15) is 10.6 Å². The first-order valence-electron chi connectivity index (χ1n) is 6.75. The molecule has 0 saturated carbocycles. The van der Waals surface area contributed by atoms with Crippen molar-refractivity contribution < 1.29 is 31.9 Å². The number of rotatable bonds is 6. The third-order valence-electron chi connectivity index (χ3n) is 2.71. The Morgan fingerprint density at radius 1 is 1.12 bits per heavy atom. The highest BCUT2D eigenvalue weighted by Gasteiger charge is 2.27. The molecule has 0 saturated heterocycles. The Morgan fingerprint density at radius 2 is 1.83 bits per heavy atom. The number of carbonyl (C=O) groups is 2. The van der Waals surface area contributed by atoms with Crippen molar-refractivity contribution in [2.45, 2.75) is 6.18 Å². The first kappa shape index (κ1) is 17.4. The molecule has 2 rings (SSSR count). The standard InChI is InChI=1S/C15H13F3N2O4/c16-15(17,18)9-19-13(21)8-24-11-5-3-10(4-6-11)20-14(22)12-2-1-7-23-12/h1-7H,8-9H2,(H,19,21)(H,20,22). The van der Waals surface area contributed by atoms with Crippen LogP contribution in [0, 0.1) is 0 Å². The van der Waals surface area contributed by atoms with E-state index >= 15 is 0 Å². The topological polar surface area (TPSA) is 80.6 Å². The highest BCUT2D eigenvalue weighted by atomic mass is 19.4. The van der Waals surface area contributed by atoms with Crippen LogP contribution in [0.15, 0.2) is 47.1 Å². The lowest BCUT2D eigenvalue weighted by Crippen LogP contribution is -2.36. The molecular weight excluding hydrogens is 329 g/mol. The van der Waals surface area contributed by atoms with Gasteiger partial charge >= 0.3 is 6.18 Å². The zero-order chi connectivity index (χ0) is 17.6. The van der Waals surface area contributed by atoms with Crippen LogP contribution in [-0.2, 0) is 4.79 Å². The van der Waals surface area contributed by atoms with Gasteiger partial charge in [0.25, 0.3) is 11.8 Å². The summed E-state index contributed by atoms with van der Waals surface area (Å²) in [6.07, 6.45) is -3.10. The fourth-order valence-electron chi connectivity index (χ4n) is 1.63. The van der Waals surface area contributed by atoms with Crippen LogP contribution in [0.5, 0.6) is 5.75 Å². The first-order chi connectivity index (χ1) is 11.3. The molecule has 2 N–H and O–H groups in total. The highest BCUT2D eigenvalue weighted by Crippen LogP contribution is 2.17. The fourth-order valence-corrected chi connectivity index (χ4v) is 1.63. The molecule has 0 unspecified atom stereocenters. The minimum atomic E-state index is -4.47. The van der Waals surface area contributed by atoms with Gasteiger partial charge in [0.15, 0.2) is 12.4 Å². The van der Waals surface area contributed by atoms with Crippen molar-refractivity contribution in [2.24, 2.45) is 0 Å². The van der Waals surface area contributed by atoms with Gasteiger partial charge in [-0.25, -0.2) is 0 Å². The Bertz CT molecular complexity index is 682. The van der Waals surface area contributed by atoms with E-state index in [0.717, 1.165) is 0 Å². The first-order valence-corrected chi connectivity index (χ1v) is 6.75. The second-order valence-corrected chi connectivity index (χ2v) is 4.64. The van der Waals surface area contributed by atoms with E-state index in [1.54, 1.807) is 11.4 Å². The zero-order valence-corrected chi connectivity index (χ0v) is 12.2. The maximum Gasteiger partial charge on any atom is 0.405 e. The van der Waals surface area contributed by atoms with Crippen molar-refractivity contribution in [3.8, 4) is 5.75 Å². The van der Waals surface area contributed by atoms with Crippen LogP contribution in [0.4, 0.5) is 18.9 Å². The van der Waals surface area contributed by atoms with Crippen LogP contribution in [0.3, 0.4) is 0 Å². The van der Waals surface area contributed by atoms with Crippen LogP contribution in [0.2, 0.25) is 0 Å². The van der Waals surface area contributed by atoms with Crippen LogP contribution in [-0.4, -0.2) is 31.1 Å². The number of halogens is 3. The van der Waals surface area contributed by atoms with Gasteiger partial charge < -0.3 is 19.8 Å². The maximum atomic E-state index is 11.9. The van der Waals surface area contributed by atoms with Gasteiger partial charge in [-0.15, -0.1) is 0 Å². The van der Waals surface area contributed by atoms with E-state index in [-0.39, 0.29) is 11.5 Å². The number of hydrogen-bond donors (Lipinski definition) is 2. The summed E-state index contributed by atoms with van der Waals surface area (Å²) in [6.45, 7) is -1.96. The molecule has 2 aromatic rings. The molecule has 0 atom stereocenters. The monoisotopic (exact) mass is 342 g/mol. The summed E-state index contributed by atoms with van der Waals surface area (Å²) in [7, 11) is 0. The third-order valence-corrected chi connectivity index (χ3v) is 2.71. The SMILES string of the molecule is O=C(COc1ccc(NC(=O)c2ccco2)cc1)NCC(F)(F)F. The molecule has 0 fully saturated rings. The number of amides is 2. The lowest BCUT2D eigenvalue weighted by Gasteiger charge is -2.10. The molecule has 0 aliphatic carbocycles. The Kier molecular flexibility index (Phi) is 5.46. The molecule has 6 nitrogen and oxygen atoms in total. The van der Waals surface area contributed by atoms with Crippen molar-refractivity contribution in [1.29, 1.82) is 0 Å². The van der Waals surface area contributed by atoms with Gasteiger partial charge in [-0.3, -0.25) is 9.59 Å². The number of benzene rings is 1. The van der Waals surface area contributed by atoms with Gasteiger partial charge in [0.05, 0.1) is 6.26 Å². The Hall–Kier alpha value is -2.97. The number of anilines is 1. The molecule has 9 heteroatoms. The molecule has 128 valence electrons. The average molecular weight is 342 g/mol. The van der Waals surface area contributed by atoms with Crippen molar-refractivity contribution >= 4 is 17.5 Å². The number of furan rings is 1. The molecule has 1 heterocycles. The van der Waals surface area contributed by atoms with E-state index in [0.29, 0.717) is 5.69 Å². The van der Waals surface area contributed by atoms with E-state index in [1.807, 2.05) is 0 Å². The minimum absolute atomic E-state index is 0.150. The van der Waals surface area contributed by atoms with Crippen molar-refractivity contribution in [3.05, 3.63) is 48.4 Å². The molecule has 0 aliphatic heterocycles. The summed E-state index contributed by atoms with van der Waals surface area (Å²) in [4.78, 5) is 23.0. The lowest BCUT2D eigenvalue weighted by molar-refractivity contribution is -0.139. The quantitative estimate of drug-likeness (QED) is 0.846. The molecule has 0 aliphatic rings. The fraction of sp³-hybridized carbons (Fsp3) is 0.200. The van der Waals surface area contributed by atoms with Gasteiger partial charge in [-0.1, -0.05) is 0 Å². The predicted molar refractivity (Wildman–Crippen MR) is 77.7 cm³/mol. The minimum Gasteiger partial charge on any atom is -0.484 e. The Morgan fingerprint density at radius 3 is 2.42 bits per heavy atom. The Balaban J connectivity index is 1.79.